The van der Waals surface area contributed by atoms with Crippen LogP contribution in [0.15, 0.2) is 23.2 Å². The van der Waals surface area contributed by atoms with Crippen LogP contribution in [0.3, 0.4) is 0 Å². The standard InChI is InChI=1S/C12H13N3O2.C11H22O2S/c16-9-7-8(13-1-2-13)12(17)11(15-5-6-15)10(9)14-3-4-14;1-2-3-4-5-6-7-8-10(9-14)11(12)13/h7H,1-6H2;10,14H,2-9H2,1H3,(H,12,13). The number of hydrogen-bond acceptors (Lipinski definition) is 7. The smallest absolute Gasteiger partial charge is 0.307 e. The molecule has 1 atom stereocenters. The lowest BCUT2D eigenvalue weighted by Gasteiger charge is -2.21. The maximum Gasteiger partial charge on any atom is 0.307 e. The fraction of sp³-hybridized carbons (Fsp3) is 0.696. The average molecular weight is 450 g/mol. The fourth-order valence-corrected chi connectivity index (χ4v) is 4.08. The van der Waals surface area contributed by atoms with Crippen molar-refractivity contribution in [1.29, 1.82) is 0 Å². The lowest BCUT2D eigenvalue weighted by molar-refractivity contribution is -0.141. The van der Waals surface area contributed by atoms with E-state index in [4.69, 9.17) is 5.11 Å². The molecule has 0 spiro atoms. The van der Waals surface area contributed by atoms with Crippen LogP contribution in [0.25, 0.3) is 0 Å². The van der Waals surface area contributed by atoms with Gasteiger partial charge in [-0.15, -0.1) is 0 Å². The van der Waals surface area contributed by atoms with Crippen molar-refractivity contribution < 1.29 is 19.5 Å². The molecule has 3 heterocycles. The highest BCUT2D eigenvalue weighted by molar-refractivity contribution is 7.80. The summed E-state index contributed by atoms with van der Waals surface area (Å²) in [6.45, 7) is 7.60. The van der Waals surface area contributed by atoms with Gasteiger partial charge in [-0.3, -0.25) is 14.4 Å². The molecule has 1 unspecified atom stereocenters. The molecule has 0 amide bonds. The molecule has 4 rings (SSSR count). The number of carbonyl (C=O) groups is 3. The molecule has 1 N–H and O–H groups in total. The maximum atomic E-state index is 12.4. The van der Waals surface area contributed by atoms with Crippen LogP contribution in [0.4, 0.5) is 0 Å². The van der Waals surface area contributed by atoms with Crippen molar-refractivity contribution in [2.45, 2.75) is 51.9 Å². The molecule has 3 saturated heterocycles. The largest absolute Gasteiger partial charge is 0.481 e. The number of aliphatic carboxylic acids is 1. The lowest BCUT2D eigenvalue weighted by atomic mass is 10.0. The summed E-state index contributed by atoms with van der Waals surface area (Å²) in [4.78, 5) is 41.1. The van der Waals surface area contributed by atoms with Crippen molar-refractivity contribution in [2.24, 2.45) is 5.92 Å². The number of thiol groups is 1. The molecule has 3 aliphatic heterocycles. The highest BCUT2D eigenvalue weighted by Gasteiger charge is 2.43. The van der Waals surface area contributed by atoms with Gasteiger partial charge < -0.3 is 19.8 Å². The third-order valence-corrected chi connectivity index (χ3v) is 6.40. The Kier molecular flexibility index (Phi) is 8.46. The van der Waals surface area contributed by atoms with Crippen molar-refractivity contribution in [3.8, 4) is 0 Å². The van der Waals surface area contributed by atoms with Crippen LogP contribution < -0.4 is 0 Å². The number of carboxylic acid groups (broad SMARTS) is 1. The number of Topliss-reactive ketones (excluding diaryl/α,β-unsaturated/α-hetero) is 1. The van der Waals surface area contributed by atoms with Gasteiger partial charge in [-0.2, -0.15) is 12.6 Å². The predicted octanol–water partition coefficient (Wildman–Crippen LogP) is 2.55. The van der Waals surface area contributed by atoms with Crippen molar-refractivity contribution in [3.63, 3.8) is 0 Å². The Balaban J connectivity index is 0.000000181. The highest BCUT2D eigenvalue weighted by Crippen LogP contribution is 2.33. The van der Waals surface area contributed by atoms with Gasteiger partial charge in [-0.1, -0.05) is 45.4 Å². The van der Waals surface area contributed by atoms with E-state index in [-0.39, 0.29) is 17.5 Å². The molecule has 172 valence electrons. The molecule has 31 heavy (non-hydrogen) atoms. The molecule has 7 nitrogen and oxygen atoms in total. The summed E-state index contributed by atoms with van der Waals surface area (Å²) in [7, 11) is 0. The van der Waals surface area contributed by atoms with Gasteiger partial charge in [-0.05, 0) is 6.42 Å². The Hall–Kier alpha value is -1.96. The third-order valence-electron chi connectivity index (χ3n) is 5.96. The number of carbonyl (C=O) groups excluding carboxylic acids is 2. The van der Waals surface area contributed by atoms with E-state index in [1.165, 1.54) is 31.8 Å². The van der Waals surface area contributed by atoms with Gasteiger partial charge in [0.1, 0.15) is 11.4 Å². The number of hydrogen-bond donors (Lipinski definition) is 2. The van der Waals surface area contributed by atoms with E-state index >= 15 is 0 Å². The second kappa shape index (κ2) is 11.1. The van der Waals surface area contributed by atoms with Crippen molar-refractivity contribution in [2.75, 3.05) is 45.0 Å². The van der Waals surface area contributed by atoms with Gasteiger partial charge in [0.25, 0.3) is 0 Å². The van der Waals surface area contributed by atoms with Gasteiger partial charge in [0, 0.05) is 51.1 Å². The molecule has 1 aliphatic carbocycles. The topological polar surface area (TPSA) is 80.5 Å². The first kappa shape index (κ1) is 23.7. The maximum absolute atomic E-state index is 12.4. The average Bonchev–Trinajstić information content (AvgIpc) is 3.57. The van der Waals surface area contributed by atoms with Gasteiger partial charge in [-0.25, -0.2) is 0 Å². The number of rotatable bonds is 12. The van der Waals surface area contributed by atoms with Crippen LogP contribution in [0.1, 0.15) is 51.9 Å². The van der Waals surface area contributed by atoms with Crippen LogP contribution >= 0.6 is 12.6 Å². The van der Waals surface area contributed by atoms with E-state index in [0.29, 0.717) is 22.8 Å². The van der Waals surface area contributed by atoms with Crippen LogP contribution in [0.2, 0.25) is 0 Å². The highest BCUT2D eigenvalue weighted by atomic mass is 32.1. The number of ketones is 2. The lowest BCUT2D eigenvalue weighted by Crippen LogP contribution is -2.29. The zero-order chi connectivity index (χ0) is 22.4. The molecule has 0 radical (unpaired) electrons. The number of unbranched alkanes of at least 4 members (excludes halogenated alkanes) is 5. The Bertz CT molecular complexity index is 752. The minimum atomic E-state index is -0.700. The Morgan fingerprint density at radius 3 is 2.00 bits per heavy atom. The first-order chi connectivity index (χ1) is 15.0. The molecule has 0 aromatic rings. The summed E-state index contributed by atoms with van der Waals surface area (Å²) in [6, 6.07) is 0. The first-order valence-electron chi connectivity index (χ1n) is 11.6. The summed E-state index contributed by atoms with van der Waals surface area (Å²) >= 11 is 4.03. The molecule has 0 aromatic heterocycles. The van der Waals surface area contributed by atoms with Crippen molar-refractivity contribution in [1.82, 2.24) is 14.7 Å². The Labute approximate surface area is 190 Å². The van der Waals surface area contributed by atoms with E-state index in [2.05, 4.69) is 19.6 Å². The van der Waals surface area contributed by atoms with Crippen LogP contribution in [0, 0.1) is 5.92 Å². The van der Waals surface area contributed by atoms with E-state index in [1.54, 1.807) is 0 Å². The second-order valence-electron chi connectivity index (χ2n) is 8.66. The van der Waals surface area contributed by atoms with E-state index in [9.17, 15) is 14.4 Å². The summed E-state index contributed by atoms with van der Waals surface area (Å²) in [5.41, 5.74) is 1.89. The molecule has 4 aliphatic rings. The SMILES string of the molecule is CCCCCCCCC(CS)C(=O)O.O=C1C=C(N2CC2)C(=O)C(N2CC2)=C1N1CC1. The molecular formula is C23H35N3O4S. The van der Waals surface area contributed by atoms with Crippen molar-refractivity contribution in [3.05, 3.63) is 23.2 Å². The quantitative estimate of drug-likeness (QED) is 0.205. The molecular weight excluding hydrogens is 414 g/mol. The van der Waals surface area contributed by atoms with Gasteiger partial charge >= 0.3 is 5.97 Å². The number of carboxylic acids is 1. The molecule has 0 bridgehead atoms. The van der Waals surface area contributed by atoms with E-state index in [0.717, 1.165) is 58.5 Å². The monoisotopic (exact) mass is 449 g/mol. The summed E-state index contributed by atoms with van der Waals surface area (Å²) in [5, 5.41) is 8.77. The predicted molar refractivity (Wildman–Crippen MR) is 123 cm³/mol. The minimum absolute atomic E-state index is 0.00546. The van der Waals surface area contributed by atoms with Gasteiger partial charge in [0.2, 0.25) is 11.6 Å². The Morgan fingerprint density at radius 1 is 0.935 bits per heavy atom. The van der Waals surface area contributed by atoms with E-state index < -0.39 is 5.97 Å². The molecule has 0 aromatic carbocycles. The first-order valence-corrected chi connectivity index (χ1v) is 12.2. The summed E-state index contributed by atoms with van der Waals surface area (Å²) < 4.78 is 0. The molecule has 0 saturated carbocycles. The summed E-state index contributed by atoms with van der Waals surface area (Å²) in [6.07, 6.45) is 9.59. The molecule has 3 fully saturated rings. The fourth-order valence-electron chi connectivity index (χ4n) is 3.74. The van der Waals surface area contributed by atoms with Crippen LogP contribution in [0.5, 0.6) is 0 Å². The summed E-state index contributed by atoms with van der Waals surface area (Å²) in [5.74, 6) is -0.435. The zero-order valence-electron chi connectivity index (χ0n) is 18.5. The number of nitrogens with zero attached hydrogens (tertiary/aromatic N) is 3. The van der Waals surface area contributed by atoms with Crippen LogP contribution in [-0.2, 0) is 14.4 Å². The Morgan fingerprint density at radius 2 is 1.48 bits per heavy atom. The van der Waals surface area contributed by atoms with Crippen LogP contribution in [-0.4, -0.2) is 82.4 Å². The minimum Gasteiger partial charge on any atom is -0.481 e. The van der Waals surface area contributed by atoms with Gasteiger partial charge in [0.15, 0.2) is 0 Å². The number of allylic oxidation sites excluding steroid dienone is 1. The second-order valence-corrected chi connectivity index (χ2v) is 9.02. The van der Waals surface area contributed by atoms with Crippen molar-refractivity contribution >= 4 is 30.2 Å². The van der Waals surface area contributed by atoms with Gasteiger partial charge in [0.05, 0.1) is 11.6 Å². The molecule has 8 heteroatoms. The zero-order valence-corrected chi connectivity index (χ0v) is 19.4. The normalized spacial score (nSPS) is 20.3. The van der Waals surface area contributed by atoms with E-state index in [1.807, 2.05) is 14.7 Å². The third kappa shape index (κ3) is 6.76.